The van der Waals surface area contributed by atoms with Gasteiger partial charge in [-0.05, 0) is 0 Å². The summed E-state index contributed by atoms with van der Waals surface area (Å²) in [6.45, 7) is 1.15. The zero-order valence-corrected chi connectivity index (χ0v) is 14.7. The van der Waals surface area contributed by atoms with Crippen LogP contribution in [0.5, 0.6) is 11.5 Å². The maximum Gasteiger partial charge on any atom is 0.269 e. The molecule has 142 valence electrons. The minimum Gasteiger partial charge on any atom is -0.489 e. The number of hydrogen-bond donors (Lipinski definition) is 2. The molecule has 0 fully saturated rings. The molecule has 1 atom stereocenters. The van der Waals surface area contributed by atoms with Crippen molar-refractivity contribution in [1.82, 2.24) is 9.55 Å². The summed E-state index contributed by atoms with van der Waals surface area (Å²) in [6, 6.07) is 10.0. The smallest absolute Gasteiger partial charge is 0.269 e. The van der Waals surface area contributed by atoms with E-state index in [1.807, 2.05) is 16.7 Å². The summed E-state index contributed by atoms with van der Waals surface area (Å²) in [4.78, 5) is 19.8. The molecular formula is C18H16N6O4. The first-order valence-corrected chi connectivity index (χ1v) is 8.76. The third-order valence-electron chi connectivity index (χ3n) is 4.68. The fraction of sp³-hybridized carbons (Fsp3) is 0.222. The van der Waals surface area contributed by atoms with Crippen LogP contribution in [-0.2, 0) is 0 Å². The van der Waals surface area contributed by atoms with Crippen LogP contribution in [0.1, 0.15) is 18.2 Å². The summed E-state index contributed by atoms with van der Waals surface area (Å²) in [5.41, 5.74) is 8.01. The highest BCUT2D eigenvalue weighted by atomic mass is 16.6. The Labute approximate surface area is 158 Å². The second kappa shape index (κ2) is 6.12. The van der Waals surface area contributed by atoms with Gasteiger partial charge in [-0.3, -0.25) is 20.0 Å². The van der Waals surface area contributed by atoms with Crippen molar-refractivity contribution in [3.8, 4) is 11.5 Å². The highest BCUT2D eigenvalue weighted by Gasteiger charge is 2.27. The van der Waals surface area contributed by atoms with E-state index in [4.69, 9.17) is 15.2 Å². The minimum atomic E-state index is -0.592. The normalized spacial score (nSPS) is 18.0. The van der Waals surface area contributed by atoms with Gasteiger partial charge in [-0.15, -0.1) is 0 Å². The molecule has 28 heavy (non-hydrogen) atoms. The molecule has 1 unspecified atom stereocenters. The Kier molecular flexibility index (Phi) is 3.57. The summed E-state index contributed by atoms with van der Waals surface area (Å²) < 4.78 is 13.4. The number of anilines is 1. The van der Waals surface area contributed by atoms with E-state index < -0.39 is 11.1 Å². The largest absolute Gasteiger partial charge is 0.489 e. The number of nitrogens with two attached hydrogens (primary N) is 1. The lowest BCUT2D eigenvalue weighted by molar-refractivity contribution is -0.384. The van der Waals surface area contributed by atoms with Crippen LogP contribution in [0.2, 0.25) is 0 Å². The van der Waals surface area contributed by atoms with E-state index >= 15 is 0 Å². The average molecular weight is 380 g/mol. The molecule has 1 aromatic heterocycles. The topological polar surface area (TPSA) is 130 Å². The number of aromatic nitrogens is 2. The van der Waals surface area contributed by atoms with Crippen LogP contribution in [0.4, 0.5) is 11.6 Å². The Morgan fingerprint density at radius 2 is 2.00 bits per heavy atom. The summed E-state index contributed by atoms with van der Waals surface area (Å²) >= 11 is 0. The lowest BCUT2D eigenvalue weighted by Crippen LogP contribution is -2.31. The van der Waals surface area contributed by atoms with E-state index in [-0.39, 0.29) is 11.6 Å². The number of rotatable bonds is 2. The minimum absolute atomic E-state index is 0.0126. The van der Waals surface area contributed by atoms with Gasteiger partial charge in [-0.1, -0.05) is 12.1 Å². The van der Waals surface area contributed by atoms with Crippen LogP contribution < -0.4 is 20.5 Å². The number of fused-ring (bicyclic) bond motifs is 4. The summed E-state index contributed by atoms with van der Waals surface area (Å²) in [7, 11) is 0. The molecule has 3 aromatic rings. The van der Waals surface area contributed by atoms with Crippen molar-refractivity contribution >= 4 is 28.6 Å². The van der Waals surface area contributed by atoms with Crippen molar-refractivity contribution in [2.75, 3.05) is 18.5 Å². The number of hydrogen-bond acceptors (Lipinski definition) is 8. The quantitative estimate of drug-likeness (QED) is 0.516. The molecule has 2 aliphatic heterocycles. The number of imidazole rings is 1. The number of nitro benzene ring substituents is 1. The standard InChI is InChI=1S/C18H16N6O4/c19-17-21-16(10-3-1-4-11(7-10)24(25)26)23-13-9-15-14(27-5-2-6-28-15)8-12(13)20-18(23)22-17/h1,3-4,7-9,16H,2,5-6H2,(H3,19,20,21,22). The van der Waals surface area contributed by atoms with Crippen LogP contribution in [0.3, 0.4) is 0 Å². The lowest BCUT2D eigenvalue weighted by Gasteiger charge is -2.23. The molecule has 0 saturated carbocycles. The number of benzene rings is 2. The third-order valence-corrected chi connectivity index (χ3v) is 4.68. The fourth-order valence-corrected chi connectivity index (χ4v) is 3.45. The second-order valence-corrected chi connectivity index (χ2v) is 6.51. The number of non-ortho nitro benzene ring substituents is 1. The van der Waals surface area contributed by atoms with Crippen LogP contribution in [0, 0.1) is 10.1 Å². The monoisotopic (exact) mass is 380 g/mol. The third kappa shape index (κ3) is 2.57. The molecule has 0 bridgehead atoms. The first-order chi connectivity index (χ1) is 13.6. The Hall–Kier alpha value is -3.82. The molecule has 10 nitrogen and oxygen atoms in total. The fourth-order valence-electron chi connectivity index (χ4n) is 3.45. The number of aliphatic imine (C=N–C) groups is 1. The van der Waals surface area contributed by atoms with E-state index in [1.165, 1.54) is 12.1 Å². The molecule has 2 aromatic carbocycles. The van der Waals surface area contributed by atoms with Gasteiger partial charge in [0.15, 0.2) is 23.6 Å². The summed E-state index contributed by atoms with van der Waals surface area (Å²) in [6.07, 6.45) is 0.210. The molecule has 5 rings (SSSR count). The first-order valence-electron chi connectivity index (χ1n) is 8.76. The van der Waals surface area contributed by atoms with Crippen LogP contribution in [0.25, 0.3) is 11.0 Å². The van der Waals surface area contributed by atoms with Crippen molar-refractivity contribution in [1.29, 1.82) is 0 Å². The SMILES string of the molecule is NC1=NC(c2cccc([N+](=O)[O-])c2)n2c(nc3cc4c(cc32)OCCCO4)N1. The van der Waals surface area contributed by atoms with Crippen molar-refractivity contribution in [3.63, 3.8) is 0 Å². The maximum absolute atomic E-state index is 11.2. The molecule has 3 N–H and O–H groups in total. The molecule has 2 aliphatic rings. The molecule has 0 amide bonds. The van der Waals surface area contributed by atoms with E-state index in [0.29, 0.717) is 41.7 Å². The second-order valence-electron chi connectivity index (χ2n) is 6.51. The Morgan fingerprint density at radius 3 is 2.79 bits per heavy atom. The predicted octanol–water partition coefficient (Wildman–Crippen LogP) is 2.39. The predicted molar refractivity (Wildman–Crippen MR) is 102 cm³/mol. The number of ether oxygens (including phenoxy) is 2. The van der Waals surface area contributed by atoms with E-state index in [1.54, 1.807) is 12.1 Å². The molecule has 10 heteroatoms. The van der Waals surface area contributed by atoms with Gasteiger partial charge in [0.25, 0.3) is 5.69 Å². The summed E-state index contributed by atoms with van der Waals surface area (Å²) in [5.74, 6) is 1.96. The van der Waals surface area contributed by atoms with Crippen molar-refractivity contribution < 1.29 is 14.4 Å². The number of nitro groups is 1. The average Bonchev–Trinajstić information content (AvgIpc) is 2.87. The number of nitrogens with one attached hydrogen (secondary N) is 1. The zero-order chi connectivity index (χ0) is 19.3. The van der Waals surface area contributed by atoms with Crippen LogP contribution in [0.15, 0.2) is 41.4 Å². The molecule has 0 saturated heterocycles. The van der Waals surface area contributed by atoms with Gasteiger partial charge in [-0.25, -0.2) is 9.98 Å². The van der Waals surface area contributed by atoms with Gasteiger partial charge in [0.1, 0.15) is 0 Å². The van der Waals surface area contributed by atoms with Gasteiger partial charge >= 0.3 is 0 Å². The van der Waals surface area contributed by atoms with Crippen LogP contribution >= 0.6 is 0 Å². The van der Waals surface area contributed by atoms with Gasteiger partial charge < -0.3 is 15.2 Å². The Balaban J connectivity index is 1.70. The molecule has 3 heterocycles. The van der Waals surface area contributed by atoms with E-state index in [0.717, 1.165) is 11.9 Å². The first kappa shape index (κ1) is 16.4. The van der Waals surface area contributed by atoms with Crippen molar-refractivity contribution in [2.24, 2.45) is 10.7 Å². The van der Waals surface area contributed by atoms with Crippen molar-refractivity contribution in [2.45, 2.75) is 12.6 Å². The van der Waals surface area contributed by atoms with Gasteiger partial charge in [-0.2, -0.15) is 0 Å². The molecule has 0 spiro atoms. The van der Waals surface area contributed by atoms with Gasteiger partial charge in [0.05, 0.1) is 29.2 Å². The lowest BCUT2D eigenvalue weighted by atomic mass is 10.1. The maximum atomic E-state index is 11.2. The van der Waals surface area contributed by atoms with E-state index in [2.05, 4.69) is 15.3 Å². The van der Waals surface area contributed by atoms with Crippen molar-refractivity contribution in [3.05, 3.63) is 52.1 Å². The van der Waals surface area contributed by atoms with E-state index in [9.17, 15) is 10.1 Å². The Morgan fingerprint density at radius 1 is 1.21 bits per heavy atom. The highest BCUT2D eigenvalue weighted by molar-refractivity contribution is 5.95. The number of guanidine groups is 1. The number of nitrogens with zero attached hydrogens (tertiary/aromatic N) is 4. The summed E-state index contributed by atoms with van der Waals surface area (Å²) in [5, 5.41) is 14.1. The zero-order valence-electron chi connectivity index (χ0n) is 14.7. The molecule has 0 radical (unpaired) electrons. The van der Waals surface area contributed by atoms with Crippen LogP contribution in [-0.4, -0.2) is 33.6 Å². The highest BCUT2D eigenvalue weighted by Crippen LogP contribution is 2.39. The molecule has 0 aliphatic carbocycles. The van der Waals surface area contributed by atoms with Gasteiger partial charge in [0, 0.05) is 36.2 Å². The molecular weight excluding hydrogens is 364 g/mol. The Bertz CT molecular complexity index is 1140. The van der Waals surface area contributed by atoms with Gasteiger partial charge in [0.2, 0.25) is 5.95 Å².